The van der Waals surface area contributed by atoms with Gasteiger partial charge in [-0.05, 0) is 90.0 Å². The van der Waals surface area contributed by atoms with E-state index in [0.717, 1.165) is 39.0 Å². The maximum absolute atomic E-state index is 13.7. The van der Waals surface area contributed by atoms with Crippen molar-refractivity contribution in [1.82, 2.24) is 0 Å². The molecule has 1 fully saturated rings. The molecular weight excluding hydrogens is 548 g/mol. The summed E-state index contributed by atoms with van der Waals surface area (Å²) in [6, 6.07) is 35.8. The predicted octanol–water partition coefficient (Wildman–Crippen LogP) is 9.50. The van der Waals surface area contributed by atoms with Crippen LogP contribution in [0.3, 0.4) is 0 Å². The van der Waals surface area contributed by atoms with Crippen molar-refractivity contribution in [2.45, 2.75) is 20.5 Å². The predicted molar refractivity (Wildman–Crippen MR) is 172 cm³/mol. The van der Waals surface area contributed by atoms with Crippen molar-refractivity contribution < 1.29 is 9.53 Å². The Hall–Kier alpha value is -4.32. The van der Waals surface area contributed by atoms with Gasteiger partial charge in [0.25, 0.3) is 5.91 Å². The Balaban J connectivity index is 1.26. The number of thioether (sulfide) groups is 1. The largest absolute Gasteiger partial charge is 0.487 e. The number of aliphatic imine (C=N–C) groups is 1. The zero-order chi connectivity index (χ0) is 28.3. The first-order chi connectivity index (χ1) is 19.9. The van der Waals surface area contributed by atoms with Crippen LogP contribution in [0.1, 0.15) is 22.3 Å². The summed E-state index contributed by atoms with van der Waals surface area (Å²) in [4.78, 5) is 20.7. The topological polar surface area (TPSA) is 41.9 Å². The highest BCUT2D eigenvalue weighted by molar-refractivity contribution is 8.19. The van der Waals surface area contributed by atoms with Crippen LogP contribution in [0.2, 0.25) is 5.02 Å². The molecule has 5 aromatic carbocycles. The van der Waals surface area contributed by atoms with Crippen LogP contribution in [0.25, 0.3) is 16.8 Å². The number of hydrogen-bond acceptors (Lipinski definition) is 4. The third-order valence-corrected chi connectivity index (χ3v) is 8.14. The fourth-order valence-electron chi connectivity index (χ4n) is 4.65. The molecule has 0 unspecified atom stereocenters. The van der Waals surface area contributed by atoms with Crippen molar-refractivity contribution >= 4 is 62.7 Å². The minimum atomic E-state index is -0.128. The summed E-state index contributed by atoms with van der Waals surface area (Å²) in [6.45, 7) is 4.46. The maximum Gasteiger partial charge on any atom is 0.271 e. The number of benzene rings is 5. The van der Waals surface area contributed by atoms with E-state index in [4.69, 9.17) is 21.3 Å². The van der Waals surface area contributed by atoms with E-state index in [0.29, 0.717) is 27.5 Å². The average molecular weight is 575 g/mol. The minimum absolute atomic E-state index is 0.128. The molecule has 202 valence electrons. The van der Waals surface area contributed by atoms with Crippen molar-refractivity contribution in [2.75, 3.05) is 4.90 Å². The van der Waals surface area contributed by atoms with Gasteiger partial charge in [-0.2, -0.15) is 0 Å². The number of amides is 1. The van der Waals surface area contributed by atoms with E-state index < -0.39 is 0 Å². The Labute approximate surface area is 249 Å². The smallest absolute Gasteiger partial charge is 0.271 e. The number of fused-ring (bicyclic) bond motifs is 1. The second kappa shape index (κ2) is 11.7. The number of amidine groups is 1. The van der Waals surface area contributed by atoms with Gasteiger partial charge < -0.3 is 4.74 Å². The first kappa shape index (κ1) is 26.9. The Bertz CT molecular complexity index is 1810. The molecule has 0 radical (unpaired) electrons. The second-order valence-electron chi connectivity index (χ2n) is 9.93. The number of nitrogens with zero attached hydrogens (tertiary/aromatic N) is 2. The van der Waals surface area contributed by atoms with E-state index in [-0.39, 0.29) is 5.91 Å². The zero-order valence-electron chi connectivity index (χ0n) is 22.7. The molecule has 0 bridgehead atoms. The van der Waals surface area contributed by atoms with Crippen LogP contribution in [-0.2, 0) is 11.4 Å². The molecule has 1 saturated heterocycles. The molecule has 1 amide bonds. The van der Waals surface area contributed by atoms with Crippen molar-refractivity contribution in [3.8, 4) is 5.75 Å². The van der Waals surface area contributed by atoms with Crippen molar-refractivity contribution in [3.05, 3.63) is 141 Å². The van der Waals surface area contributed by atoms with Crippen LogP contribution in [0.15, 0.2) is 119 Å². The minimum Gasteiger partial charge on any atom is -0.487 e. The number of ether oxygens (including phenoxy) is 1. The number of rotatable bonds is 6. The highest BCUT2D eigenvalue weighted by Gasteiger charge is 2.34. The van der Waals surface area contributed by atoms with Gasteiger partial charge in [0.15, 0.2) is 5.17 Å². The zero-order valence-corrected chi connectivity index (χ0v) is 24.2. The van der Waals surface area contributed by atoms with E-state index in [1.54, 1.807) is 4.90 Å². The van der Waals surface area contributed by atoms with Crippen molar-refractivity contribution in [2.24, 2.45) is 4.99 Å². The van der Waals surface area contributed by atoms with Crippen LogP contribution >= 0.6 is 23.4 Å². The summed E-state index contributed by atoms with van der Waals surface area (Å²) in [7, 11) is 0. The number of carbonyl (C=O) groups is 1. The summed E-state index contributed by atoms with van der Waals surface area (Å²) < 4.78 is 6.10. The number of halogens is 1. The Morgan fingerprint density at radius 1 is 0.854 bits per heavy atom. The standard InChI is InChI=1S/C35H27ClN2O2S/c1-23-10-15-28(16-11-23)37-35-38(29-17-12-24(2)13-18-29)34(39)33(41-35)21-25-14-19-32(31(36)20-25)40-22-27-8-5-7-26-6-3-4-9-30(26)27/h3-21H,22H2,1-2H3/b33-21-,37-35?. The number of aryl methyl sites for hydroxylation is 2. The molecule has 1 heterocycles. The van der Waals surface area contributed by atoms with E-state index in [1.165, 1.54) is 17.1 Å². The van der Waals surface area contributed by atoms with Gasteiger partial charge in [-0.1, -0.05) is 95.5 Å². The first-order valence-electron chi connectivity index (χ1n) is 13.3. The maximum atomic E-state index is 13.7. The van der Waals surface area contributed by atoms with Crippen LogP contribution in [-0.4, -0.2) is 11.1 Å². The van der Waals surface area contributed by atoms with E-state index >= 15 is 0 Å². The lowest BCUT2D eigenvalue weighted by molar-refractivity contribution is -0.113. The third kappa shape index (κ3) is 5.92. The molecule has 1 aliphatic heterocycles. The number of carbonyl (C=O) groups excluding carboxylic acids is 1. The van der Waals surface area contributed by atoms with Crippen LogP contribution in [0.4, 0.5) is 11.4 Å². The van der Waals surface area contributed by atoms with Gasteiger partial charge in [0, 0.05) is 0 Å². The first-order valence-corrected chi connectivity index (χ1v) is 14.5. The lowest BCUT2D eigenvalue weighted by Crippen LogP contribution is -2.28. The lowest BCUT2D eigenvalue weighted by Gasteiger charge is -2.16. The quantitative estimate of drug-likeness (QED) is 0.190. The van der Waals surface area contributed by atoms with Gasteiger partial charge >= 0.3 is 0 Å². The van der Waals surface area contributed by atoms with E-state index in [9.17, 15) is 4.79 Å². The summed E-state index contributed by atoms with van der Waals surface area (Å²) in [5, 5.41) is 3.42. The van der Waals surface area contributed by atoms with Crippen molar-refractivity contribution in [3.63, 3.8) is 0 Å². The molecule has 6 rings (SSSR count). The highest BCUT2D eigenvalue weighted by Crippen LogP contribution is 2.38. The third-order valence-electron chi connectivity index (χ3n) is 6.87. The van der Waals surface area contributed by atoms with Crippen LogP contribution in [0.5, 0.6) is 5.75 Å². The number of hydrogen-bond donors (Lipinski definition) is 0. The summed E-state index contributed by atoms with van der Waals surface area (Å²) >= 11 is 8.00. The molecule has 0 aliphatic carbocycles. The molecule has 0 saturated carbocycles. The summed E-state index contributed by atoms with van der Waals surface area (Å²) in [5.74, 6) is 0.465. The monoisotopic (exact) mass is 574 g/mol. The second-order valence-corrected chi connectivity index (χ2v) is 11.3. The molecule has 6 heteroatoms. The van der Waals surface area contributed by atoms with Crippen LogP contribution < -0.4 is 9.64 Å². The molecule has 0 spiro atoms. The molecule has 0 atom stereocenters. The van der Waals surface area contributed by atoms with Gasteiger partial charge in [-0.3, -0.25) is 9.69 Å². The molecule has 5 aromatic rings. The SMILES string of the molecule is Cc1ccc(N=C2S/C(=C\c3ccc(OCc4cccc5ccccc45)c(Cl)c3)C(=O)N2c2ccc(C)cc2)cc1. The van der Waals surface area contributed by atoms with Crippen molar-refractivity contribution in [1.29, 1.82) is 0 Å². The highest BCUT2D eigenvalue weighted by atomic mass is 35.5. The normalized spacial score (nSPS) is 15.3. The van der Waals surface area contributed by atoms with E-state index in [1.807, 2.05) is 105 Å². The van der Waals surface area contributed by atoms with E-state index in [2.05, 4.69) is 24.3 Å². The van der Waals surface area contributed by atoms with Gasteiger partial charge in [-0.15, -0.1) is 0 Å². The molecule has 4 nitrogen and oxygen atoms in total. The molecule has 1 aliphatic rings. The Kier molecular flexibility index (Phi) is 7.64. The molecule has 41 heavy (non-hydrogen) atoms. The Morgan fingerprint density at radius 2 is 1.56 bits per heavy atom. The van der Waals surface area contributed by atoms with Gasteiger partial charge in [-0.25, -0.2) is 4.99 Å². The molecule has 0 N–H and O–H groups in total. The fraction of sp³-hybridized carbons (Fsp3) is 0.0857. The number of anilines is 1. The Morgan fingerprint density at radius 3 is 2.32 bits per heavy atom. The van der Waals surface area contributed by atoms with Gasteiger partial charge in [0.05, 0.1) is 21.3 Å². The average Bonchev–Trinajstić information content (AvgIpc) is 3.28. The molecule has 0 aromatic heterocycles. The molecular formula is C35H27ClN2O2S. The lowest BCUT2D eigenvalue weighted by atomic mass is 10.1. The van der Waals surface area contributed by atoms with Gasteiger partial charge in [0.1, 0.15) is 12.4 Å². The summed E-state index contributed by atoms with van der Waals surface area (Å²) in [6.07, 6.45) is 1.85. The summed E-state index contributed by atoms with van der Waals surface area (Å²) in [5.41, 5.74) is 5.75. The fourth-order valence-corrected chi connectivity index (χ4v) is 5.89. The van der Waals surface area contributed by atoms with Crippen LogP contribution in [0, 0.1) is 13.8 Å². The van der Waals surface area contributed by atoms with Gasteiger partial charge in [0.2, 0.25) is 0 Å².